The van der Waals surface area contributed by atoms with Crippen molar-refractivity contribution >= 4 is 7.35 Å². The van der Waals surface area contributed by atoms with Crippen LogP contribution in [0.5, 0.6) is 5.75 Å². The zero-order chi connectivity index (χ0) is 7.40. The molecule has 1 aromatic rings. The van der Waals surface area contributed by atoms with Gasteiger partial charge in [-0.25, -0.2) is 0 Å². The summed E-state index contributed by atoms with van der Waals surface area (Å²) in [5.74, 6) is -0.200. The van der Waals surface area contributed by atoms with Crippen LogP contribution in [0.3, 0.4) is 0 Å². The molecule has 2 nitrogen and oxygen atoms in total. The molecule has 4 heteroatoms. The molecule has 0 radical (unpaired) electrons. The van der Waals surface area contributed by atoms with Gasteiger partial charge in [-0.3, -0.25) is 0 Å². The summed E-state index contributed by atoms with van der Waals surface area (Å²) in [4.78, 5) is 0. The topological polar surface area (TPSA) is 26.3 Å². The molecule has 50 valence electrons. The SMILES string of the molecule is O=BOc1cccc(F)c1. The van der Waals surface area contributed by atoms with Crippen LogP contribution < -0.4 is 4.65 Å². The van der Waals surface area contributed by atoms with Gasteiger partial charge in [0.05, 0.1) is 0 Å². The van der Waals surface area contributed by atoms with Crippen LogP contribution in [-0.4, -0.2) is 7.35 Å². The van der Waals surface area contributed by atoms with Crippen molar-refractivity contribution in [2.24, 2.45) is 0 Å². The Hall–Kier alpha value is -1.19. The summed E-state index contributed by atoms with van der Waals surface area (Å²) in [5.41, 5.74) is 0. The zero-order valence-electron chi connectivity index (χ0n) is 5.08. The van der Waals surface area contributed by atoms with Crippen molar-refractivity contribution in [2.45, 2.75) is 0 Å². The van der Waals surface area contributed by atoms with E-state index in [0.717, 1.165) is 6.07 Å². The van der Waals surface area contributed by atoms with E-state index in [-0.39, 0.29) is 13.1 Å². The van der Waals surface area contributed by atoms with Gasteiger partial charge in [-0.05, 0) is 0 Å². The molecular weight excluding hydrogens is 134 g/mol. The molecule has 0 saturated carbocycles. The molecule has 0 unspecified atom stereocenters. The van der Waals surface area contributed by atoms with Crippen molar-refractivity contribution in [3.63, 3.8) is 0 Å². The Labute approximate surface area is 57.9 Å². The van der Waals surface area contributed by atoms with Crippen LogP contribution in [0.25, 0.3) is 0 Å². The Morgan fingerprint density at radius 1 is 1.50 bits per heavy atom. The van der Waals surface area contributed by atoms with Crippen LogP contribution in [0.15, 0.2) is 24.3 Å². The van der Waals surface area contributed by atoms with Crippen LogP contribution in [0.4, 0.5) is 4.39 Å². The predicted molar refractivity (Wildman–Crippen MR) is 33.5 cm³/mol. The standard InChI is InChI=1S/C6H4BFO2/c8-5-2-1-3-6(4-5)10-7-9/h1-4H. The van der Waals surface area contributed by atoms with Gasteiger partial charge in [0, 0.05) is 0 Å². The van der Waals surface area contributed by atoms with E-state index in [9.17, 15) is 9.10 Å². The summed E-state index contributed by atoms with van der Waals surface area (Å²) in [6, 6.07) is 5.37. The molecule has 1 aromatic carbocycles. The minimum absolute atomic E-state index is 0.218. The zero-order valence-corrected chi connectivity index (χ0v) is 5.08. The van der Waals surface area contributed by atoms with Crippen molar-refractivity contribution < 1.29 is 13.7 Å². The molecule has 0 N–H and O–H groups in total. The Morgan fingerprint density at radius 2 is 2.30 bits per heavy atom. The molecule has 0 spiro atoms. The summed E-state index contributed by atoms with van der Waals surface area (Å²) in [6.07, 6.45) is 0. The molecule has 10 heavy (non-hydrogen) atoms. The van der Waals surface area contributed by atoms with Gasteiger partial charge in [0.1, 0.15) is 0 Å². The summed E-state index contributed by atoms with van der Waals surface area (Å²) >= 11 is 0. The van der Waals surface area contributed by atoms with Crippen molar-refractivity contribution in [1.29, 1.82) is 0 Å². The Morgan fingerprint density at radius 3 is 2.90 bits per heavy atom. The van der Waals surface area contributed by atoms with E-state index in [4.69, 9.17) is 0 Å². The van der Waals surface area contributed by atoms with Gasteiger partial charge < -0.3 is 0 Å². The van der Waals surface area contributed by atoms with E-state index < -0.39 is 5.82 Å². The maximum atomic E-state index is 12.3. The van der Waals surface area contributed by atoms with Crippen molar-refractivity contribution in [1.82, 2.24) is 0 Å². The molecule has 0 aliphatic rings. The van der Waals surface area contributed by atoms with Gasteiger partial charge in [0.15, 0.2) is 0 Å². The van der Waals surface area contributed by atoms with Gasteiger partial charge in [0.2, 0.25) is 0 Å². The summed E-state index contributed by atoms with van der Waals surface area (Å²) in [7, 11) is 0.259. The Balaban J connectivity index is 2.84. The van der Waals surface area contributed by atoms with Crippen LogP contribution in [-0.2, 0) is 4.70 Å². The molecule has 1 rings (SSSR count). The van der Waals surface area contributed by atoms with Crippen LogP contribution in [0.2, 0.25) is 0 Å². The average Bonchev–Trinajstić information content (AvgIpc) is 1.88. The van der Waals surface area contributed by atoms with Crippen LogP contribution in [0.1, 0.15) is 0 Å². The third kappa shape index (κ3) is 1.65. The van der Waals surface area contributed by atoms with Gasteiger partial charge in [0.25, 0.3) is 0 Å². The van der Waals surface area contributed by atoms with Crippen LogP contribution >= 0.6 is 0 Å². The third-order valence-electron chi connectivity index (χ3n) is 0.980. The molecule has 0 aromatic heterocycles. The normalized spacial score (nSPS) is 8.50. The predicted octanol–water partition coefficient (Wildman–Crippen LogP) is 1.17. The molecule has 0 amide bonds. The van der Waals surface area contributed by atoms with Gasteiger partial charge in [-0.2, -0.15) is 0 Å². The second kappa shape index (κ2) is 3.10. The summed E-state index contributed by atoms with van der Waals surface area (Å²) in [5, 5.41) is 0. The average molecular weight is 138 g/mol. The quantitative estimate of drug-likeness (QED) is 0.573. The first-order chi connectivity index (χ1) is 4.83. The summed E-state index contributed by atoms with van der Waals surface area (Å²) < 4.78 is 26.4. The third-order valence-corrected chi connectivity index (χ3v) is 0.980. The van der Waals surface area contributed by atoms with Crippen LogP contribution in [0, 0.1) is 5.82 Å². The molecule has 0 bridgehead atoms. The maximum absolute atomic E-state index is 12.3. The van der Waals surface area contributed by atoms with E-state index in [1.165, 1.54) is 18.2 Å². The van der Waals surface area contributed by atoms with E-state index >= 15 is 0 Å². The van der Waals surface area contributed by atoms with Gasteiger partial charge in [-0.15, -0.1) is 0 Å². The van der Waals surface area contributed by atoms with E-state index in [1.54, 1.807) is 0 Å². The first-order valence-electron chi connectivity index (χ1n) is 2.69. The summed E-state index contributed by atoms with van der Waals surface area (Å²) in [6.45, 7) is 0. The molecule has 0 saturated heterocycles. The number of halogens is 1. The monoisotopic (exact) mass is 138 g/mol. The minimum atomic E-state index is -0.417. The van der Waals surface area contributed by atoms with E-state index in [1.807, 2.05) is 0 Å². The Kier molecular flexibility index (Phi) is 2.15. The second-order valence-electron chi connectivity index (χ2n) is 1.67. The molecule has 0 fully saturated rings. The fraction of sp³-hybridized carbons (Fsp3) is 0. The van der Waals surface area contributed by atoms with Crippen molar-refractivity contribution in [2.75, 3.05) is 0 Å². The molecular formula is C6H4BFO2. The molecule has 0 heterocycles. The molecule has 0 aliphatic heterocycles. The van der Waals surface area contributed by atoms with E-state index in [2.05, 4.69) is 4.65 Å². The number of hydrogen-bond acceptors (Lipinski definition) is 2. The van der Waals surface area contributed by atoms with E-state index in [0.29, 0.717) is 0 Å². The number of hydrogen-bond donors (Lipinski definition) is 0. The molecule has 0 atom stereocenters. The van der Waals surface area contributed by atoms with Crippen molar-refractivity contribution in [3.8, 4) is 5.75 Å². The second-order valence-corrected chi connectivity index (χ2v) is 1.67. The first kappa shape index (κ1) is 6.93. The number of benzene rings is 1. The van der Waals surface area contributed by atoms with Gasteiger partial charge >= 0.3 is 56.9 Å². The Bertz CT molecular complexity index is 239. The number of rotatable bonds is 2. The van der Waals surface area contributed by atoms with Gasteiger partial charge in [-0.1, -0.05) is 0 Å². The fourth-order valence-corrected chi connectivity index (χ4v) is 0.596. The fourth-order valence-electron chi connectivity index (χ4n) is 0.596. The van der Waals surface area contributed by atoms with Crippen molar-refractivity contribution in [3.05, 3.63) is 30.1 Å². The molecule has 0 aliphatic carbocycles. The first-order valence-corrected chi connectivity index (χ1v) is 2.69.